The van der Waals surface area contributed by atoms with Gasteiger partial charge in [0.2, 0.25) is 5.91 Å². The molecule has 3 heterocycles. The van der Waals surface area contributed by atoms with Crippen LogP contribution < -0.4 is 0 Å². The van der Waals surface area contributed by atoms with Gasteiger partial charge in [0.05, 0.1) is 13.2 Å². The van der Waals surface area contributed by atoms with Crippen LogP contribution >= 0.6 is 0 Å². The number of fused-ring (bicyclic) bond motifs is 1. The second kappa shape index (κ2) is 8.23. The molecule has 2 aromatic rings. The number of carbonyl (C=O) groups is 1. The molecule has 1 aromatic carbocycles. The lowest BCUT2D eigenvalue weighted by molar-refractivity contribution is -0.136. The summed E-state index contributed by atoms with van der Waals surface area (Å²) >= 11 is 0. The smallest absolute Gasteiger partial charge is 0.223 e. The van der Waals surface area contributed by atoms with Gasteiger partial charge in [-0.15, -0.1) is 0 Å². The van der Waals surface area contributed by atoms with Crippen molar-refractivity contribution in [3.63, 3.8) is 0 Å². The molecule has 2 aliphatic rings. The van der Waals surface area contributed by atoms with Crippen LogP contribution in [-0.4, -0.2) is 53.1 Å². The first kappa shape index (κ1) is 18.2. The maximum atomic E-state index is 13.2. The first-order valence-electron chi connectivity index (χ1n) is 9.64. The summed E-state index contributed by atoms with van der Waals surface area (Å²) < 4.78 is 20.8. The van der Waals surface area contributed by atoms with Crippen molar-refractivity contribution in [1.29, 1.82) is 0 Å². The number of carbonyl (C=O) groups excluding carboxylic acids is 1. The van der Waals surface area contributed by atoms with E-state index in [4.69, 9.17) is 4.74 Å². The second-order valence-electron chi connectivity index (χ2n) is 7.51. The summed E-state index contributed by atoms with van der Waals surface area (Å²) in [5, 5.41) is 0. The molecule has 0 saturated carbocycles. The molecule has 1 atom stereocenters. The lowest BCUT2D eigenvalue weighted by Crippen LogP contribution is -2.42. The van der Waals surface area contributed by atoms with E-state index in [1.54, 1.807) is 0 Å². The van der Waals surface area contributed by atoms with E-state index in [-0.39, 0.29) is 17.6 Å². The van der Waals surface area contributed by atoms with Gasteiger partial charge in [0.15, 0.2) is 0 Å². The van der Waals surface area contributed by atoms with E-state index in [0.717, 1.165) is 31.7 Å². The summed E-state index contributed by atoms with van der Waals surface area (Å²) in [5.74, 6) is 0.271. The van der Waals surface area contributed by atoms with Gasteiger partial charge >= 0.3 is 0 Å². The van der Waals surface area contributed by atoms with Crippen LogP contribution in [0.15, 0.2) is 42.6 Å². The number of aromatic nitrogens is 1. The number of morpholine rings is 1. The van der Waals surface area contributed by atoms with Crippen LogP contribution in [0.5, 0.6) is 0 Å². The van der Waals surface area contributed by atoms with E-state index in [9.17, 15) is 9.18 Å². The molecule has 0 aliphatic carbocycles. The van der Waals surface area contributed by atoms with Gasteiger partial charge in [-0.2, -0.15) is 0 Å². The molecular formula is C21H26FN3O2. The Morgan fingerprint density at radius 2 is 1.89 bits per heavy atom. The Bertz CT molecular complexity index is 768. The molecule has 5 nitrogen and oxygen atoms in total. The SMILES string of the molecule is O=C(CC1CN(Cc2ccc(F)cc2)Cc2cccn2C1)N1CCOCC1. The van der Waals surface area contributed by atoms with Crippen molar-refractivity contribution >= 4 is 5.91 Å². The van der Waals surface area contributed by atoms with Gasteiger partial charge < -0.3 is 14.2 Å². The largest absolute Gasteiger partial charge is 0.378 e. The molecule has 1 aromatic heterocycles. The van der Waals surface area contributed by atoms with Crippen LogP contribution in [0.4, 0.5) is 4.39 Å². The first-order chi connectivity index (χ1) is 13.2. The van der Waals surface area contributed by atoms with Gasteiger partial charge in [-0.05, 0) is 35.7 Å². The highest BCUT2D eigenvalue weighted by atomic mass is 19.1. The Kier molecular flexibility index (Phi) is 5.55. The highest BCUT2D eigenvalue weighted by Gasteiger charge is 2.26. The highest BCUT2D eigenvalue weighted by molar-refractivity contribution is 5.76. The fraction of sp³-hybridized carbons (Fsp3) is 0.476. The summed E-state index contributed by atoms with van der Waals surface area (Å²) in [6.45, 7) is 5.97. The molecule has 0 bridgehead atoms. The molecule has 27 heavy (non-hydrogen) atoms. The number of ether oxygens (including phenoxy) is 1. The topological polar surface area (TPSA) is 37.7 Å². The zero-order valence-electron chi connectivity index (χ0n) is 15.5. The van der Waals surface area contributed by atoms with E-state index in [2.05, 4.69) is 27.8 Å². The van der Waals surface area contributed by atoms with Crippen molar-refractivity contribution in [2.75, 3.05) is 32.8 Å². The van der Waals surface area contributed by atoms with E-state index in [1.807, 2.05) is 17.0 Å². The Morgan fingerprint density at radius 1 is 1.11 bits per heavy atom. The average molecular weight is 371 g/mol. The minimum atomic E-state index is -0.211. The lowest BCUT2D eigenvalue weighted by Gasteiger charge is -2.29. The fourth-order valence-electron chi connectivity index (χ4n) is 4.05. The Morgan fingerprint density at radius 3 is 2.67 bits per heavy atom. The van der Waals surface area contributed by atoms with Crippen molar-refractivity contribution in [1.82, 2.24) is 14.4 Å². The van der Waals surface area contributed by atoms with Crippen LogP contribution in [0.2, 0.25) is 0 Å². The van der Waals surface area contributed by atoms with Crippen molar-refractivity contribution in [3.8, 4) is 0 Å². The highest BCUT2D eigenvalue weighted by Crippen LogP contribution is 2.22. The van der Waals surface area contributed by atoms with E-state index in [1.165, 1.54) is 17.8 Å². The van der Waals surface area contributed by atoms with Gasteiger partial charge in [0, 0.05) is 57.6 Å². The Balaban J connectivity index is 1.46. The predicted molar refractivity (Wildman–Crippen MR) is 100 cm³/mol. The van der Waals surface area contributed by atoms with Crippen molar-refractivity contribution in [2.24, 2.45) is 5.92 Å². The number of halogens is 1. The molecule has 2 aliphatic heterocycles. The number of benzene rings is 1. The number of rotatable bonds is 4. The Hall–Kier alpha value is -2.18. The molecule has 1 saturated heterocycles. The van der Waals surface area contributed by atoms with Gasteiger partial charge in [-0.25, -0.2) is 4.39 Å². The molecule has 1 fully saturated rings. The summed E-state index contributed by atoms with van der Waals surface area (Å²) in [6.07, 6.45) is 2.65. The van der Waals surface area contributed by atoms with Crippen LogP contribution in [0.3, 0.4) is 0 Å². The number of amides is 1. The van der Waals surface area contributed by atoms with Crippen molar-refractivity contribution in [3.05, 3.63) is 59.7 Å². The van der Waals surface area contributed by atoms with Gasteiger partial charge in [-0.3, -0.25) is 9.69 Å². The zero-order valence-corrected chi connectivity index (χ0v) is 15.5. The van der Waals surface area contributed by atoms with Crippen molar-refractivity contribution < 1.29 is 13.9 Å². The Labute approximate surface area is 159 Å². The number of nitrogens with zero attached hydrogens (tertiary/aromatic N) is 3. The molecule has 4 rings (SSSR count). The normalized spacial score (nSPS) is 20.9. The molecule has 144 valence electrons. The van der Waals surface area contributed by atoms with Gasteiger partial charge in [-0.1, -0.05) is 12.1 Å². The molecule has 6 heteroatoms. The predicted octanol–water partition coefficient (Wildman–Crippen LogP) is 2.51. The van der Waals surface area contributed by atoms with E-state index in [0.29, 0.717) is 32.7 Å². The number of hydrogen-bond acceptors (Lipinski definition) is 3. The third-order valence-corrected chi connectivity index (χ3v) is 5.43. The van der Waals surface area contributed by atoms with Gasteiger partial charge in [0.25, 0.3) is 0 Å². The lowest BCUT2D eigenvalue weighted by atomic mass is 10.0. The minimum Gasteiger partial charge on any atom is -0.378 e. The van der Waals surface area contributed by atoms with Crippen LogP contribution in [-0.2, 0) is 29.2 Å². The minimum absolute atomic E-state index is 0.211. The molecule has 1 unspecified atom stereocenters. The van der Waals surface area contributed by atoms with Crippen molar-refractivity contribution in [2.45, 2.75) is 26.1 Å². The van der Waals surface area contributed by atoms with E-state index < -0.39 is 0 Å². The first-order valence-corrected chi connectivity index (χ1v) is 9.64. The molecule has 1 amide bonds. The van der Waals surface area contributed by atoms with Gasteiger partial charge in [0.1, 0.15) is 5.82 Å². The third kappa shape index (κ3) is 4.57. The van der Waals surface area contributed by atoms with Crippen LogP contribution in [0.1, 0.15) is 17.7 Å². The fourth-order valence-corrected chi connectivity index (χ4v) is 4.05. The molecule has 0 radical (unpaired) electrons. The molecule has 0 spiro atoms. The quantitative estimate of drug-likeness (QED) is 0.829. The average Bonchev–Trinajstić information content (AvgIpc) is 3.04. The molecular weight excluding hydrogens is 345 g/mol. The molecule has 0 N–H and O–H groups in total. The maximum absolute atomic E-state index is 13.2. The van der Waals surface area contributed by atoms with Crippen LogP contribution in [0, 0.1) is 11.7 Å². The number of hydrogen-bond donors (Lipinski definition) is 0. The van der Waals surface area contributed by atoms with E-state index >= 15 is 0 Å². The maximum Gasteiger partial charge on any atom is 0.223 e. The summed E-state index contributed by atoms with van der Waals surface area (Å²) in [5.41, 5.74) is 2.35. The third-order valence-electron chi connectivity index (χ3n) is 5.43. The summed E-state index contributed by atoms with van der Waals surface area (Å²) in [7, 11) is 0. The zero-order chi connectivity index (χ0) is 18.6. The van der Waals surface area contributed by atoms with Crippen LogP contribution in [0.25, 0.3) is 0 Å². The second-order valence-corrected chi connectivity index (χ2v) is 7.51. The summed E-state index contributed by atoms with van der Waals surface area (Å²) in [6, 6.07) is 10.9. The standard InChI is InChI=1S/C21H26FN3O2/c22-19-5-3-17(4-6-19)13-23-14-18(15-25-7-1-2-20(25)16-23)12-21(26)24-8-10-27-11-9-24/h1-7,18H,8-16H2. The summed E-state index contributed by atoms with van der Waals surface area (Å²) in [4.78, 5) is 17.0. The monoisotopic (exact) mass is 371 g/mol.